The van der Waals surface area contributed by atoms with Crippen LogP contribution < -0.4 is 0 Å². The molecule has 0 atom stereocenters. The Bertz CT molecular complexity index is 91.3. The lowest BCUT2D eigenvalue weighted by Gasteiger charge is -2.32. The van der Waals surface area contributed by atoms with Crippen molar-refractivity contribution in [1.82, 2.24) is 4.31 Å². The summed E-state index contributed by atoms with van der Waals surface area (Å²) in [4.78, 5) is 0. The third-order valence-electron chi connectivity index (χ3n) is 2.00. The Morgan fingerprint density at radius 1 is 1.30 bits per heavy atom. The molecule has 2 heteroatoms. The topological polar surface area (TPSA) is 3.24 Å². The number of thiol groups is 1. The van der Waals surface area contributed by atoms with Crippen LogP contribution in [0.4, 0.5) is 0 Å². The van der Waals surface area contributed by atoms with Gasteiger partial charge in [0, 0.05) is 12.1 Å². The minimum absolute atomic E-state index is 0.249. The summed E-state index contributed by atoms with van der Waals surface area (Å²) in [5, 5.41) is 0. The van der Waals surface area contributed by atoms with Gasteiger partial charge in [-0.1, -0.05) is 26.7 Å². The van der Waals surface area contributed by atoms with Crippen LogP contribution in [0.25, 0.3) is 0 Å². The molecule has 0 amide bonds. The van der Waals surface area contributed by atoms with E-state index in [9.17, 15) is 0 Å². The van der Waals surface area contributed by atoms with Gasteiger partial charge in [0.1, 0.15) is 0 Å². The van der Waals surface area contributed by atoms with E-state index in [1.54, 1.807) is 0 Å². The lowest BCUT2D eigenvalue weighted by Crippen LogP contribution is -2.36. The SMILES string of the molecule is CCCN(S)C(C)(C)CC. The minimum Gasteiger partial charge on any atom is -0.248 e. The summed E-state index contributed by atoms with van der Waals surface area (Å²) in [5.74, 6) is 0. The molecule has 0 N–H and O–H groups in total. The lowest BCUT2D eigenvalue weighted by atomic mass is 10.0. The highest BCUT2D eigenvalue weighted by Gasteiger charge is 2.20. The molecule has 62 valence electrons. The Kier molecular flexibility index (Phi) is 4.37. The maximum Gasteiger partial charge on any atom is 0.0252 e. The summed E-state index contributed by atoms with van der Waals surface area (Å²) in [7, 11) is 0. The normalized spacial score (nSPS) is 12.6. The van der Waals surface area contributed by atoms with Crippen molar-refractivity contribution in [3.63, 3.8) is 0 Å². The van der Waals surface area contributed by atoms with Gasteiger partial charge in [-0.2, -0.15) is 0 Å². The predicted octanol–water partition coefficient (Wildman–Crippen LogP) is 2.73. The van der Waals surface area contributed by atoms with E-state index in [1.807, 2.05) is 0 Å². The largest absolute Gasteiger partial charge is 0.248 e. The summed E-state index contributed by atoms with van der Waals surface area (Å²) in [6.07, 6.45) is 2.32. The average molecular weight is 161 g/mol. The summed E-state index contributed by atoms with van der Waals surface area (Å²) in [6.45, 7) is 9.88. The van der Waals surface area contributed by atoms with Crippen LogP contribution in [0.3, 0.4) is 0 Å². The fourth-order valence-electron chi connectivity index (χ4n) is 0.697. The van der Waals surface area contributed by atoms with Crippen LogP contribution in [0.15, 0.2) is 0 Å². The second-order valence-corrected chi connectivity index (χ2v) is 3.77. The molecule has 10 heavy (non-hydrogen) atoms. The Hall–Kier alpha value is 0.310. The molecule has 0 radical (unpaired) electrons. The average Bonchev–Trinajstić information content (AvgIpc) is 1.89. The zero-order valence-electron chi connectivity index (χ0n) is 7.52. The fraction of sp³-hybridized carbons (Fsp3) is 1.00. The summed E-state index contributed by atoms with van der Waals surface area (Å²) in [6, 6.07) is 0. The molecule has 0 aromatic carbocycles. The van der Waals surface area contributed by atoms with Gasteiger partial charge in [0.05, 0.1) is 0 Å². The van der Waals surface area contributed by atoms with E-state index in [1.165, 1.54) is 6.42 Å². The first kappa shape index (κ1) is 10.3. The summed E-state index contributed by atoms with van der Waals surface area (Å²) in [5.41, 5.74) is 0.249. The van der Waals surface area contributed by atoms with Crippen molar-refractivity contribution in [2.75, 3.05) is 6.54 Å². The first-order valence-corrected chi connectivity index (χ1v) is 4.41. The van der Waals surface area contributed by atoms with Crippen molar-refractivity contribution >= 4 is 12.8 Å². The highest BCUT2D eigenvalue weighted by Crippen LogP contribution is 2.20. The van der Waals surface area contributed by atoms with Crippen LogP contribution in [0.1, 0.15) is 40.5 Å². The zero-order valence-corrected chi connectivity index (χ0v) is 8.41. The van der Waals surface area contributed by atoms with Crippen LogP contribution in [0.5, 0.6) is 0 Å². The van der Waals surface area contributed by atoms with Crippen molar-refractivity contribution in [2.45, 2.75) is 46.1 Å². The van der Waals surface area contributed by atoms with E-state index in [0.29, 0.717) is 0 Å². The van der Waals surface area contributed by atoms with Crippen LogP contribution in [0, 0.1) is 0 Å². The standard InChI is InChI=1S/C8H19NS/c1-5-7-9(10)8(3,4)6-2/h10H,5-7H2,1-4H3. The fourth-order valence-corrected chi connectivity index (χ4v) is 1.04. The second-order valence-electron chi connectivity index (χ2n) is 3.29. The van der Waals surface area contributed by atoms with Gasteiger partial charge in [0.25, 0.3) is 0 Å². The molecule has 0 aliphatic carbocycles. The summed E-state index contributed by atoms with van der Waals surface area (Å²) >= 11 is 4.40. The molecular weight excluding hydrogens is 142 g/mol. The van der Waals surface area contributed by atoms with Crippen molar-refractivity contribution < 1.29 is 0 Å². The van der Waals surface area contributed by atoms with E-state index >= 15 is 0 Å². The van der Waals surface area contributed by atoms with Crippen molar-refractivity contribution in [2.24, 2.45) is 0 Å². The Labute approximate surface area is 70.3 Å². The number of nitrogens with zero attached hydrogens (tertiary/aromatic N) is 1. The highest BCUT2D eigenvalue weighted by atomic mass is 32.1. The van der Waals surface area contributed by atoms with Gasteiger partial charge in [0.15, 0.2) is 0 Å². The smallest absolute Gasteiger partial charge is 0.0252 e. The number of rotatable bonds is 4. The quantitative estimate of drug-likeness (QED) is 0.620. The van der Waals surface area contributed by atoms with E-state index in [0.717, 1.165) is 13.0 Å². The van der Waals surface area contributed by atoms with Gasteiger partial charge in [-0.25, -0.2) is 4.31 Å². The molecule has 0 rings (SSSR count). The monoisotopic (exact) mass is 161 g/mol. The molecular formula is C8H19NS. The Morgan fingerprint density at radius 3 is 2.10 bits per heavy atom. The molecule has 0 bridgehead atoms. The molecule has 0 aromatic rings. The maximum atomic E-state index is 4.40. The molecule has 0 saturated heterocycles. The van der Waals surface area contributed by atoms with Gasteiger partial charge in [-0.05, 0) is 26.7 Å². The molecule has 1 nitrogen and oxygen atoms in total. The molecule has 0 saturated carbocycles. The lowest BCUT2D eigenvalue weighted by molar-refractivity contribution is 0.244. The Morgan fingerprint density at radius 2 is 1.80 bits per heavy atom. The highest BCUT2D eigenvalue weighted by molar-refractivity contribution is 7.77. The third-order valence-corrected chi connectivity index (χ3v) is 2.74. The van der Waals surface area contributed by atoms with Gasteiger partial charge in [-0.15, -0.1) is 0 Å². The molecule has 0 aliphatic rings. The summed E-state index contributed by atoms with van der Waals surface area (Å²) < 4.78 is 2.12. The molecule has 0 heterocycles. The van der Waals surface area contributed by atoms with Crippen molar-refractivity contribution in [3.8, 4) is 0 Å². The second kappa shape index (κ2) is 4.24. The van der Waals surface area contributed by atoms with Crippen LogP contribution in [-0.2, 0) is 0 Å². The third kappa shape index (κ3) is 2.93. The van der Waals surface area contributed by atoms with Gasteiger partial charge >= 0.3 is 0 Å². The number of hydrogen-bond donors (Lipinski definition) is 1. The molecule has 0 fully saturated rings. The maximum absolute atomic E-state index is 4.40. The van der Waals surface area contributed by atoms with E-state index in [4.69, 9.17) is 0 Å². The van der Waals surface area contributed by atoms with Crippen molar-refractivity contribution in [3.05, 3.63) is 0 Å². The minimum atomic E-state index is 0.249. The van der Waals surface area contributed by atoms with Gasteiger partial charge in [0.2, 0.25) is 0 Å². The number of hydrogen-bond acceptors (Lipinski definition) is 2. The van der Waals surface area contributed by atoms with Crippen LogP contribution >= 0.6 is 12.8 Å². The van der Waals surface area contributed by atoms with Crippen LogP contribution in [-0.4, -0.2) is 16.4 Å². The van der Waals surface area contributed by atoms with E-state index in [2.05, 4.69) is 44.8 Å². The molecule has 0 aromatic heterocycles. The van der Waals surface area contributed by atoms with Crippen LogP contribution in [0.2, 0.25) is 0 Å². The van der Waals surface area contributed by atoms with Gasteiger partial charge < -0.3 is 0 Å². The van der Waals surface area contributed by atoms with Gasteiger partial charge in [-0.3, -0.25) is 0 Å². The van der Waals surface area contributed by atoms with E-state index < -0.39 is 0 Å². The molecule has 0 spiro atoms. The first-order chi connectivity index (χ1) is 4.54. The first-order valence-electron chi connectivity index (χ1n) is 4.01. The molecule has 0 unspecified atom stereocenters. The van der Waals surface area contributed by atoms with E-state index in [-0.39, 0.29) is 5.54 Å². The zero-order chi connectivity index (χ0) is 8.20. The van der Waals surface area contributed by atoms with Crippen molar-refractivity contribution in [1.29, 1.82) is 0 Å². The molecule has 0 aliphatic heterocycles. The Balaban J connectivity index is 3.78. The predicted molar refractivity (Wildman–Crippen MR) is 50.4 cm³/mol.